The number of hydrogen-bond donors (Lipinski definition) is 1. The van der Waals surface area contributed by atoms with Crippen LogP contribution in [-0.2, 0) is 16.6 Å². The molecule has 5 heteroatoms. The number of hydrogen-bond acceptors (Lipinski definition) is 3. The van der Waals surface area contributed by atoms with Gasteiger partial charge in [0.15, 0.2) is 0 Å². The third-order valence-corrected chi connectivity index (χ3v) is 5.99. The van der Waals surface area contributed by atoms with Gasteiger partial charge in [0.25, 0.3) is 0 Å². The maximum absolute atomic E-state index is 12.7. The second kappa shape index (κ2) is 6.24. The molecule has 20 heavy (non-hydrogen) atoms. The second-order valence-corrected chi connectivity index (χ2v) is 7.37. The molecule has 1 atom stereocenters. The van der Waals surface area contributed by atoms with E-state index in [0.29, 0.717) is 18.0 Å². The SMILES string of the molecule is CCNCc1cc(S(=O)(=O)N2CCCC2C)ccc1C. The van der Waals surface area contributed by atoms with Gasteiger partial charge in [-0.15, -0.1) is 0 Å². The lowest BCUT2D eigenvalue weighted by molar-refractivity contribution is 0.408. The number of rotatable bonds is 5. The van der Waals surface area contributed by atoms with Crippen molar-refractivity contribution < 1.29 is 8.42 Å². The molecule has 112 valence electrons. The van der Waals surface area contributed by atoms with Gasteiger partial charge in [0.2, 0.25) is 10.0 Å². The fourth-order valence-corrected chi connectivity index (χ4v) is 4.41. The van der Waals surface area contributed by atoms with E-state index in [-0.39, 0.29) is 6.04 Å². The zero-order valence-corrected chi connectivity index (χ0v) is 13.3. The van der Waals surface area contributed by atoms with Crippen molar-refractivity contribution in [3.8, 4) is 0 Å². The average molecular weight is 296 g/mol. The van der Waals surface area contributed by atoms with Crippen LogP contribution in [0.2, 0.25) is 0 Å². The van der Waals surface area contributed by atoms with E-state index in [9.17, 15) is 8.42 Å². The minimum absolute atomic E-state index is 0.110. The lowest BCUT2D eigenvalue weighted by Gasteiger charge is -2.21. The number of nitrogens with one attached hydrogen (secondary N) is 1. The Labute approximate surface area is 122 Å². The zero-order valence-electron chi connectivity index (χ0n) is 12.5. The first-order chi connectivity index (χ1) is 9.46. The average Bonchev–Trinajstić information content (AvgIpc) is 2.84. The number of aryl methyl sites for hydroxylation is 1. The minimum atomic E-state index is -3.35. The summed E-state index contributed by atoms with van der Waals surface area (Å²) < 4.78 is 27.0. The third-order valence-electron chi connectivity index (χ3n) is 3.98. The third kappa shape index (κ3) is 3.05. The van der Waals surface area contributed by atoms with Gasteiger partial charge < -0.3 is 5.32 Å². The van der Waals surface area contributed by atoms with Crippen LogP contribution in [0.5, 0.6) is 0 Å². The molecule has 1 unspecified atom stereocenters. The van der Waals surface area contributed by atoms with Crippen molar-refractivity contribution in [2.75, 3.05) is 13.1 Å². The van der Waals surface area contributed by atoms with Crippen LogP contribution in [0.3, 0.4) is 0 Å². The predicted octanol–water partition coefficient (Wildman–Crippen LogP) is 2.28. The molecule has 0 saturated carbocycles. The van der Waals surface area contributed by atoms with Crippen LogP contribution in [0.4, 0.5) is 0 Å². The highest BCUT2D eigenvalue weighted by molar-refractivity contribution is 7.89. The van der Waals surface area contributed by atoms with Crippen molar-refractivity contribution >= 4 is 10.0 Å². The van der Waals surface area contributed by atoms with Crippen molar-refractivity contribution in [3.05, 3.63) is 29.3 Å². The summed E-state index contributed by atoms with van der Waals surface area (Å²) in [6.45, 7) is 8.27. The normalized spacial score (nSPS) is 20.4. The van der Waals surface area contributed by atoms with Crippen LogP contribution in [-0.4, -0.2) is 31.9 Å². The molecule has 0 amide bonds. The number of nitrogens with zero attached hydrogens (tertiary/aromatic N) is 1. The maximum Gasteiger partial charge on any atom is 0.243 e. The Bertz CT molecular complexity index is 569. The van der Waals surface area contributed by atoms with E-state index in [1.165, 1.54) is 0 Å². The topological polar surface area (TPSA) is 49.4 Å². The molecule has 1 saturated heterocycles. The van der Waals surface area contributed by atoms with Crippen LogP contribution in [0, 0.1) is 6.92 Å². The Balaban J connectivity index is 2.32. The summed E-state index contributed by atoms with van der Waals surface area (Å²) in [5.41, 5.74) is 2.18. The first kappa shape index (κ1) is 15.5. The van der Waals surface area contributed by atoms with E-state index in [2.05, 4.69) is 5.32 Å². The molecule has 1 heterocycles. The van der Waals surface area contributed by atoms with E-state index in [1.807, 2.05) is 32.9 Å². The highest BCUT2D eigenvalue weighted by Gasteiger charge is 2.32. The Morgan fingerprint density at radius 3 is 2.75 bits per heavy atom. The summed E-state index contributed by atoms with van der Waals surface area (Å²) in [6, 6.07) is 5.56. The molecule has 2 rings (SSSR count). The fraction of sp³-hybridized carbons (Fsp3) is 0.600. The molecular weight excluding hydrogens is 272 g/mol. The van der Waals surface area contributed by atoms with Crippen molar-refractivity contribution in [2.24, 2.45) is 0 Å². The Morgan fingerprint density at radius 1 is 1.40 bits per heavy atom. The van der Waals surface area contributed by atoms with Crippen LogP contribution in [0.1, 0.15) is 37.8 Å². The molecule has 0 spiro atoms. The quantitative estimate of drug-likeness (QED) is 0.907. The molecule has 0 aliphatic carbocycles. The molecule has 1 fully saturated rings. The minimum Gasteiger partial charge on any atom is -0.313 e. The van der Waals surface area contributed by atoms with E-state index < -0.39 is 10.0 Å². The fourth-order valence-electron chi connectivity index (χ4n) is 2.66. The molecule has 1 aromatic carbocycles. The Hall–Kier alpha value is -0.910. The van der Waals surface area contributed by atoms with E-state index in [1.54, 1.807) is 10.4 Å². The van der Waals surface area contributed by atoms with E-state index >= 15 is 0 Å². The molecule has 1 aliphatic rings. The largest absolute Gasteiger partial charge is 0.313 e. The van der Waals surface area contributed by atoms with Crippen LogP contribution in [0.25, 0.3) is 0 Å². The first-order valence-corrected chi connectivity index (χ1v) is 8.73. The smallest absolute Gasteiger partial charge is 0.243 e. The van der Waals surface area contributed by atoms with Gasteiger partial charge in [-0.2, -0.15) is 4.31 Å². The first-order valence-electron chi connectivity index (χ1n) is 7.29. The summed E-state index contributed by atoms with van der Waals surface area (Å²) in [5.74, 6) is 0. The molecule has 0 aromatic heterocycles. The Kier molecular flexibility index (Phi) is 4.83. The second-order valence-electron chi connectivity index (χ2n) is 5.48. The summed E-state index contributed by atoms with van der Waals surface area (Å²) in [5, 5.41) is 3.25. The van der Waals surface area contributed by atoms with Crippen LogP contribution in [0.15, 0.2) is 23.1 Å². The van der Waals surface area contributed by atoms with Crippen molar-refractivity contribution in [1.29, 1.82) is 0 Å². The van der Waals surface area contributed by atoms with Gasteiger partial charge >= 0.3 is 0 Å². The summed E-state index contributed by atoms with van der Waals surface area (Å²) in [7, 11) is -3.35. The van der Waals surface area contributed by atoms with Gasteiger partial charge in [0.1, 0.15) is 0 Å². The molecule has 1 N–H and O–H groups in total. The van der Waals surface area contributed by atoms with E-state index in [4.69, 9.17) is 0 Å². The van der Waals surface area contributed by atoms with Crippen molar-refractivity contribution in [3.63, 3.8) is 0 Å². The van der Waals surface area contributed by atoms with Gasteiger partial charge in [-0.05, 0) is 56.5 Å². The molecule has 4 nitrogen and oxygen atoms in total. The standard InChI is InChI=1S/C15H24N2O2S/c1-4-16-11-14-10-15(8-7-12(14)2)20(18,19)17-9-5-6-13(17)3/h7-8,10,13,16H,4-6,9,11H2,1-3H3. The number of sulfonamides is 1. The van der Waals surface area contributed by atoms with Gasteiger partial charge in [0.05, 0.1) is 4.90 Å². The van der Waals surface area contributed by atoms with Gasteiger partial charge in [0, 0.05) is 19.1 Å². The summed E-state index contributed by atoms with van der Waals surface area (Å²) in [4.78, 5) is 0.421. The lowest BCUT2D eigenvalue weighted by atomic mass is 10.1. The highest BCUT2D eigenvalue weighted by atomic mass is 32.2. The summed E-state index contributed by atoms with van der Waals surface area (Å²) in [6.07, 6.45) is 1.91. The molecule has 0 radical (unpaired) electrons. The van der Waals surface area contributed by atoms with Crippen LogP contribution < -0.4 is 5.32 Å². The molecule has 1 aromatic rings. The predicted molar refractivity (Wildman–Crippen MR) is 81.1 cm³/mol. The van der Waals surface area contributed by atoms with Gasteiger partial charge in [-0.3, -0.25) is 0 Å². The molecular formula is C15H24N2O2S. The van der Waals surface area contributed by atoms with Crippen molar-refractivity contribution in [1.82, 2.24) is 9.62 Å². The Morgan fingerprint density at radius 2 is 2.15 bits per heavy atom. The summed E-state index contributed by atoms with van der Waals surface area (Å²) >= 11 is 0. The monoisotopic (exact) mass is 296 g/mol. The van der Waals surface area contributed by atoms with Gasteiger partial charge in [-0.1, -0.05) is 13.0 Å². The molecule has 1 aliphatic heterocycles. The van der Waals surface area contributed by atoms with E-state index in [0.717, 1.165) is 30.5 Å². The zero-order chi connectivity index (χ0) is 14.8. The number of benzene rings is 1. The highest BCUT2D eigenvalue weighted by Crippen LogP contribution is 2.26. The molecule has 0 bridgehead atoms. The maximum atomic E-state index is 12.7. The lowest BCUT2D eigenvalue weighted by Crippen LogP contribution is -2.33. The van der Waals surface area contributed by atoms with Gasteiger partial charge in [-0.25, -0.2) is 8.42 Å². The van der Waals surface area contributed by atoms with Crippen LogP contribution >= 0.6 is 0 Å². The van der Waals surface area contributed by atoms with Crippen molar-refractivity contribution in [2.45, 2.75) is 51.1 Å².